The van der Waals surface area contributed by atoms with Gasteiger partial charge in [-0.05, 0) is 91.1 Å². The van der Waals surface area contributed by atoms with Crippen LogP contribution in [0.15, 0.2) is 52.0 Å². The van der Waals surface area contributed by atoms with Crippen molar-refractivity contribution in [3.8, 4) is 17.0 Å². The smallest absolute Gasteiger partial charge is 0.327 e. The van der Waals surface area contributed by atoms with Crippen LogP contribution in [0.3, 0.4) is 0 Å². The summed E-state index contributed by atoms with van der Waals surface area (Å²) in [7, 11) is 0. The number of aromatic hydroxyl groups is 1. The highest BCUT2D eigenvalue weighted by Crippen LogP contribution is 2.53. The Kier molecular flexibility index (Phi) is 16.0. The summed E-state index contributed by atoms with van der Waals surface area (Å²) in [5, 5.41) is 45.6. The molecule has 22 nitrogen and oxygen atoms in total. The van der Waals surface area contributed by atoms with E-state index in [2.05, 4.69) is 25.7 Å². The number of carbonyl (C=O) groups is 8. The van der Waals surface area contributed by atoms with E-state index < -0.39 is 115 Å². The highest BCUT2D eigenvalue weighted by atomic mass is 35.5. The summed E-state index contributed by atoms with van der Waals surface area (Å²) >= 11 is 10.3. The third-order valence-corrected chi connectivity index (χ3v) is 19.5. The number of fused-ring (bicyclic) bond motifs is 3. The monoisotopic (exact) mass is 1140 g/mol. The molecule has 1 aromatic heterocycles. The van der Waals surface area contributed by atoms with Gasteiger partial charge in [-0.15, -0.1) is 35.3 Å². The van der Waals surface area contributed by atoms with Gasteiger partial charge in [0.15, 0.2) is 6.04 Å². The molecule has 10 atom stereocenters. The highest BCUT2D eigenvalue weighted by Gasteiger charge is 2.66. The minimum Gasteiger partial charge on any atom is -0.508 e. The van der Waals surface area contributed by atoms with Crippen LogP contribution >= 0.6 is 46.9 Å². The maximum absolute atomic E-state index is 14.4. The maximum atomic E-state index is 14.4. The first-order valence-corrected chi connectivity index (χ1v) is 27.6. The number of benzene rings is 2. The Balaban J connectivity index is 0.000000155. The molecule has 414 valence electrons. The molecule has 7 saturated heterocycles. The van der Waals surface area contributed by atoms with Crippen molar-refractivity contribution in [2.75, 3.05) is 13.1 Å². The molecule has 0 unspecified atom stereocenters. The number of hydrogen-bond acceptors (Lipinski definition) is 16. The number of thioether (sulfide) groups is 3. The number of carboxylic acid groups (broad SMARTS) is 3. The fraction of sp³-hybridized carbons (Fsp3) is 0.520. The second kappa shape index (κ2) is 21.6. The fourth-order valence-corrected chi connectivity index (χ4v) is 15.7. The molecule has 8 N–H and O–H groups in total. The highest BCUT2D eigenvalue weighted by molar-refractivity contribution is 8.02. The molecule has 8 heterocycles. The number of β-lactam (4-membered cyclic amide) rings is 3. The number of hydrogen-bond donors (Lipinski definition) is 7. The Hall–Kier alpha value is -6.09. The molecule has 77 heavy (non-hydrogen) atoms. The summed E-state index contributed by atoms with van der Waals surface area (Å²) in [5.41, 5.74) is 6.22. The van der Waals surface area contributed by atoms with Gasteiger partial charge in [0.2, 0.25) is 17.7 Å². The van der Waals surface area contributed by atoms with Crippen molar-refractivity contribution in [3.63, 3.8) is 0 Å². The Labute approximate surface area is 459 Å². The second-order valence-electron chi connectivity index (χ2n) is 21.0. The summed E-state index contributed by atoms with van der Waals surface area (Å²) in [6.07, 6.45) is 6.67. The fourth-order valence-electron chi connectivity index (χ4n) is 10.6. The zero-order chi connectivity index (χ0) is 56.4. The van der Waals surface area contributed by atoms with Gasteiger partial charge in [0, 0.05) is 27.3 Å². The molecule has 10 rings (SSSR count). The van der Waals surface area contributed by atoms with Gasteiger partial charge in [-0.3, -0.25) is 29.0 Å². The molecule has 3 aromatic rings. The van der Waals surface area contributed by atoms with E-state index in [1.54, 1.807) is 39.5 Å². The number of phenols is 1. The van der Waals surface area contributed by atoms with E-state index in [-0.39, 0.29) is 44.6 Å². The quantitative estimate of drug-likeness (QED) is 0.0807. The topological polar surface area (TPSA) is 319 Å². The molecule has 7 aliphatic heterocycles. The first kappa shape index (κ1) is 57.1. The predicted molar refractivity (Wildman–Crippen MR) is 283 cm³/mol. The number of nitrogens with one attached hydrogen (secondary N) is 2. The summed E-state index contributed by atoms with van der Waals surface area (Å²) in [6, 6.07) is 4.20. The lowest BCUT2D eigenvalue weighted by molar-refractivity contribution is -0.161. The van der Waals surface area contributed by atoms with Gasteiger partial charge in [-0.1, -0.05) is 47.8 Å². The number of aryl methyl sites for hydroxylation is 1. The molecule has 7 aliphatic rings. The Morgan fingerprint density at radius 3 is 1.74 bits per heavy atom. The van der Waals surface area contributed by atoms with Gasteiger partial charge >= 0.3 is 17.9 Å². The lowest BCUT2D eigenvalue weighted by atomic mass is 9.95. The van der Waals surface area contributed by atoms with E-state index in [1.807, 2.05) is 20.2 Å². The number of aliphatic imine (C=N–C) groups is 1. The van der Waals surface area contributed by atoms with Crippen molar-refractivity contribution in [3.05, 3.63) is 70.2 Å². The van der Waals surface area contributed by atoms with E-state index in [4.69, 9.17) is 21.9 Å². The van der Waals surface area contributed by atoms with E-state index >= 15 is 0 Å². The molecule has 0 bridgehead atoms. The van der Waals surface area contributed by atoms with Gasteiger partial charge in [0.05, 0.1) is 16.9 Å². The maximum Gasteiger partial charge on any atom is 0.327 e. The number of nitrogens with zero attached hydrogens (tertiary/aromatic N) is 6. The van der Waals surface area contributed by atoms with E-state index in [0.717, 1.165) is 13.1 Å². The summed E-state index contributed by atoms with van der Waals surface area (Å²) in [6.45, 7) is 14.3. The second-order valence-corrected chi connectivity index (χ2v) is 26.7. The zero-order valence-electron chi connectivity index (χ0n) is 42.8. The molecule has 2 aromatic carbocycles. The van der Waals surface area contributed by atoms with Crippen molar-refractivity contribution >= 4 is 101 Å². The summed E-state index contributed by atoms with van der Waals surface area (Å²) < 4.78 is 17.6. The molecule has 0 saturated carbocycles. The molecule has 27 heteroatoms. The van der Waals surface area contributed by atoms with E-state index in [0.29, 0.717) is 5.56 Å². The van der Waals surface area contributed by atoms with Crippen molar-refractivity contribution in [2.45, 2.75) is 147 Å². The molecule has 0 aliphatic carbocycles. The lowest BCUT2D eigenvalue weighted by Crippen LogP contribution is -2.71. The third-order valence-electron chi connectivity index (χ3n) is 14.4. The number of likely N-dealkylation sites (tertiary alicyclic amines) is 1. The standard InChI is InChI=1S/C19H17ClFN3O5S.C16H19N3O5S.C15H23N3O3S/c1-7-10(12(23-29-7)11-8(20)5-4-6-9(11)21)15(25)22-13-16(26)24-14(18(27)28)19(2,3)30-17(13)24;1-16(2)11(15(23)24)19-13(22)10(14(19)25-16)18-12(21)9(17)7-3-5-8(20)6-4-7;1-15(2)11(14(20)21)18-12(19)10(13(18)22-15)16-9-17-7-5-3-4-6-8-17/h4-6,13-14,17H,1-3H3,(H,22,25)(H,27,28);3-6,9-11,14,20H,17H2,1-2H3,(H,18,21)(H,23,24);9-11,13H,3-8H2,1-2H3,(H,20,21)/t13-,14+,17-;9-,10-,11+,14-;10-,11+,13-/m111/s1. The van der Waals surface area contributed by atoms with Crippen LogP contribution in [0.1, 0.15) is 94.9 Å². The minimum absolute atomic E-state index is 0.0368. The molecule has 0 spiro atoms. The molecular formula is C50H59ClFN9O13S3. The molecular weight excluding hydrogens is 1090 g/mol. The summed E-state index contributed by atoms with van der Waals surface area (Å²) in [4.78, 5) is 108. The Morgan fingerprint density at radius 1 is 0.766 bits per heavy atom. The number of rotatable bonds is 11. The number of phenolic OH excluding ortho intramolecular Hbond substituents is 1. The van der Waals surface area contributed by atoms with Crippen LogP contribution in [0, 0.1) is 12.7 Å². The Morgan fingerprint density at radius 2 is 1.25 bits per heavy atom. The first-order valence-electron chi connectivity index (χ1n) is 24.6. The van der Waals surface area contributed by atoms with Crippen molar-refractivity contribution in [1.82, 2.24) is 35.4 Å². The Bertz CT molecular complexity index is 2900. The van der Waals surface area contributed by atoms with Gasteiger partial charge in [-0.25, -0.2) is 18.8 Å². The van der Waals surface area contributed by atoms with Gasteiger partial charge < -0.3 is 60.9 Å². The number of aromatic nitrogens is 1. The van der Waals surface area contributed by atoms with Crippen molar-refractivity contribution < 1.29 is 67.7 Å². The minimum atomic E-state index is -1.10. The number of nitrogens with two attached hydrogens (primary N) is 1. The van der Waals surface area contributed by atoms with Crippen LogP contribution in [0.4, 0.5) is 4.39 Å². The average molecular weight is 1140 g/mol. The van der Waals surface area contributed by atoms with Crippen molar-refractivity contribution in [2.24, 2.45) is 10.7 Å². The van der Waals surface area contributed by atoms with Crippen LogP contribution in [0.5, 0.6) is 5.75 Å². The van der Waals surface area contributed by atoms with Gasteiger partial charge in [-0.2, -0.15) is 0 Å². The first-order chi connectivity index (χ1) is 36.1. The molecule has 5 amide bonds. The number of carbonyl (C=O) groups excluding carboxylic acids is 5. The van der Waals surface area contributed by atoms with Gasteiger partial charge in [0.25, 0.3) is 11.8 Å². The summed E-state index contributed by atoms with van der Waals surface area (Å²) in [5.74, 6) is -5.82. The molecule has 7 fully saturated rings. The largest absolute Gasteiger partial charge is 0.508 e. The SMILES string of the molecule is CC1(C)S[C@@H]2[C@H](N=CN3CCCCCC3)C(=O)N2[C@H]1C(=O)O.CC1(C)S[C@@H]2[C@H](NC(=O)[C@H](N)c3ccc(O)cc3)C(=O)N2[C@H]1C(=O)O.Cc1onc(-c2c(F)cccc2Cl)c1C(=O)N[C@@H]1C(=O)N2[C@@H]1SC(C)(C)[C@@H]2C(=O)O. The van der Waals surface area contributed by atoms with Crippen LogP contribution in [-0.2, 0) is 33.6 Å². The number of aliphatic carboxylic acids is 3. The molecule has 0 radical (unpaired) electrons. The van der Waals surface area contributed by atoms with Crippen molar-refractivity contribution in [1.29, 1.82) is 0 Å². The van der Waals surface area contributed by atoms with Crippen LogP contribution in [0.25, 0.3) is 11.3 Å². The van der Waals surface area contributed by atoms with Crippen LogP contribution in [0.2, 0.25) is 5.02 Å². The third kappa shape index (κ3) is 10.7. The zero-order valence-corrected chi connectivity index (χ0v) is 46.0. The van der Waals surface area contributed by atoms with Crippen LogP contribution in [-0.4, -0.2) is 179 Å². The predicted octanol–water partition coefficient (Wildman–Crippen LogP) is 4.12. The number of halogens is 2. The number of amides is 5. The average Bonchev–Trinajstić information content (AvgIpc) is 4.09. The van der Waals surface area contributed by atoms with Gasteiger partial charge in [0.1, 0.15) is 81.0 Å². The normalized spacial score (nSPS) is 28.4. The van der Waals surface area contributed by atoms with E-state index in [1.165, 1.54) is 113 Å². The van der Waals surface area contributed by atoms with Crippen LogP contribution < -0.4 is 16.4 Å². The van der Waals surface area contributed by atoms with E-state index in [9.17, 15) is 63.2 Å². The lowest BCUT2D eigenvalue weighted by Gasteiger charge is -2.43. The number of carboxylic acids is 3.